The highest BCUT2D eigenvalue weighted by molar-refractivity contribution is 4.66. The van der Waals surface area contributed by atoms with E-state index in [1.807, 2.05) is 6.92 Å². The number of hydrogen-bond acceptors (Lipinski definition) is 4. The highest BCUT2D eigenvalue weighted by Gasteiger charge is 2.17. The van der Waals surface area contributed by atoms with Crippen LogP contribution < -0.4 is 0 Å². The molecule has 0 spiro atoms. The molecule has 0 fully saturated rings. The summed E-state index contributed by atoms with van der Waals surface area (Å²) in [5.41, 5.74) is 0. The van der Waals surface area contributed by atoms with Crippen LogP contribution in [0.2, 0.25) is 0 Å². The molecule has 0 heterocycles. The number of ether oxygens (including phenoxy) is 2. The lowest BCUT2D eigenvalue weighted by Gasteiger charge is -2.20. The van der Waals surface area contributed by atoms with Crippen molar-refractivity contribution in [3.8, 4) is 0 Å². The van der Waals surface area contributed by atoms with Gasteiger partial charge in [-0.15, -0.1) is 0 Å². The maximum Gasteiger partial charge on any atom is 0.146 e. The van der Waals surface area contributed by atoms with Crippen molar-refractivity contribution in [3.05, 3.63) is 0 Å². The van der Waals surface area contributed by atoms with Gasteiger partial charge in [0.25, 0.3) is 0 Å². The van der Waals surface area contributed by atoms with Crippen molar-refractivity contribution in [1.82, 2.24) is 0 Å². The Morgan fingerprint density at radius 3 is 2.50 bits per heavy atom. The number of methoxy groups -OCH3 is 1. The molecule has 0 bridgehead atoms. The molecule has 2 atom stereocenters. The lowest BCUT2D eigenvalue weighted by Crippen LogP contribution is -2.30. The molecular formula is C8H18O4. The standard InChI is InChI=1S/C8H18O4/c1-3-7(10)8(4-5-9)12-6-11-2/h7-10H,3-6H2,1-2H3/t7-,8+/m1/s1. The minimum absolute atomic E-state index is 0.0193. The summed E-state index contributed by atoms with van der Waals surface area (Å²) in [4.78, 5) is 0. The molecule has 0 rings (SSSR count). The highest BCUT2D eigenvalue weighted by Crippen LogP contribution is 2.07. The Morgan fingerprint density at radius 1 is 1.42 bits per heavy atom. The average molecular weight is 178 g/mol. The topological polar surface area (TPSA) is 58.9 Å². The van der Waals surface area contributed by atoms with Crippen molar-refractivity contribution in [1.29, 1.82) is 0 Å². The van der Waals surface area contributed by atoms with Gasteiger partial charge < -0.3 is 19.7 Å². The second-order valence-corrected chi connectivity index (χ2v) is 2.60. The second-order valence-electron chi connectivity index (χ2n) is 2.60. The minimum atomic E-state index is -0.521. The summed E-state index contributed by atoms with van der Waals surface area (Å²) in [6.45, 7) is 2.04. The maximum atomic E-state index is 9.38. The Kier molecular flexibility index (Phi) is 7.39. The molecule has 0 radical (unpaired) electrons. The van der Waals surface area contributed by atoms with Crippen LogP contribution in [0.15, 0.2) is 0 Å². The first-order valence-corrected chi connectivity index (χ1v) is 4.15. The largest absolute Gasteiger partial charge is 0.396 e. The van der Waals surface area contributed by atoms with Crippen LogP contribution in [-0.4, -0.2) is 42.9 Å². The SMILES string of the molecule is CC[C@@H](O)[C@H](CCO)OCOC. The molecule has 0 unspecified atom stereocenters. The summed E-state index contributed by atoms with van der Waals surface area (Å²) in [6.07, 6.45) is 0.222. The van der Waals surface area contributed by atoms with E-state index < -0.39 is 6.10 Å². The van der Waals surface area contributed by atoms with E-state index in [4.69, 9.17) is 14.6 Å². The molecule has 0 aliphatic carbocycles. The van der Waals surface area contributed by atoms with Crippen LogP contribution >= 0.6 is 0 Å². The first kappa shape index (κ1) is 11.8. The van der Waals surface area contributed by atoms with Crippen molar-refractivity contribution in [3.63, 3.8) is 0 Å². The van der Waals surface area contributed by atoms with E-state index in [1.165, 1.54) is 7.11 Å². The maximum absolute atomic E-state index is 9.38. The van der Waals surface area contributed by atoms with Gasteiger partial charge in [-0.25, -0.2) is 0 Å². The molecule has 4 nitrogen and oxygen atoms in total. The summed E-state index contributed by atoms with van der Waals surface area (Å²) in [5, 5.41) is 18.0. The average Bonchev–Trinajstić information content (AvgIpc) is 2.11. The van der Waals surface area contributed by atoms with Crippen molar-refractivity contribution >= 4 is 0 Å². The Labute approximate surface area is 73.1 Å². The molecule has 0 aromatic carbocycles. The van der Waals surface area contributed by atoms with E-state index in [-0.39, 0.29) is 19.5 Å². The fraction of sp³-hybridized carbons (Fsp3) is 1.00. The van der Waals surface area contributed by atoms with Gasteiger partial charge in [-0.05, 0) is 12.8 Å². The molecule has 0 aliphatic heterocycles. The Hall–Kier alpha value is -0.160. The zero-order valence-electron chi connectivity index (χ0n) is 7.69. The van der Waals surface area contributed by atoms with E-state index in [9.17, 15) is 5.11 Å². The third-order valence-electron chi connectivity index (χ3n) is 1.66. The van der Waals surface area contributed by atoms with Crippen LogP contribution in [0, 0.1) is 0 Å². The summed E-state index contributed by atoms with van der Waals surface area (Å²) < 4.78 is 9.85. The van der Waals surface area contributed by atoms with Gasteiger partial charge in [-0.1, -0.05) is 6.92 Å². The van der Waals surface area contributed by atoms with Crippen molar-refractivity contribution in [2.75, 3.05) is 20.5 Å². The van der Waals surface area contributed by atoms with Crippen LogP contribution in [0.1, 0.15) is 19.8 Å². The summed E-state index contributed by atoms with van der Waals surface area (Å²) in [6, 6.07) is 0. The fourth-order valence-electron chi connectivity index (χ4n) is 0.932. The van der Waals surface area contributed by atoms with Gasteiger partial charge in [0, 0.05) is 13.7 Å². The van der Waals surface area contributed by atoms with Crippen LogP contribution in [0.3, 0.4) is 0 Å². The molecule has 74 valence electrons. The van der Waals surface area contributed by atoms with Gasteiger partial charge in [-0.3, -0.25) is 0 Å². The van der Waals surface area contributed by atoms with Gasteiger partial charge in [0.2, 0.25) is 0 Å². The smallest absolute Gasteiger partial charge is 0.146 e. The second kappa shape index (κ2) is 7.49. The molecule has 0 aromatic rings. The molecule has 4 heteroatoms. The summed E-state index contributed by atoms with van der Waals surface area (Å²) in [7, 11) is 1.52. The fourth-order valence-corrected chi connectivity index (χ4v) is 0.932. The normalized spacial score (nSPS) is 16.0. The van der Waals surface area contributed by atoms with E-state index in [2.05, 4.69) is 0 Å². The molecular weight excluding hydrogens is 160 g/mol. The van der Waals surface area contributed by atoms with Crippen molar-refractivity contribution in [2.24, 2.45) is 0 Å². The van der Waals surface area contributed by atoms with Gasteiger partial charge >= 0.3 is 0 Å². The highest BCUT2D eigenvalue weighted by atomic mass is 16.7. The number of rotatable bonds is 7. The van der Waals surface area contributed by atoms with E-state index in [0.29, 0.717) is 12.8 Å². The van der Waals surface area contributed by atoms with Gasteiger partial charge in [0.15, 0.2) is 0 Å². The third-order valence-corrected chi connectivity index (χ3v) is 1.66. The quantitative estimate of drug-likeness (QED) is 0.544. The zero-order chi connectivity index (χ0) is 9.40. The Bertz CT molecular complexity index is 97.1. The number of aliphatic hydroxyl groups excluding tert-OH is 2. The number of hydrogen-bond donors (Lipinski definition) is 2. The Balaban J connectivity index is 3.68. The lowest BCUT2D eigenvalue weighted by molar-refractivity contribution is -0.118. The van der Waals surface area contributed by atoms with Crippen LogP contribution in [0.5, 0.6) is 0 Å². The monoisotopic (exact) mass is 178 g/mol. The van der Waals surface area contributed by atoms with Crippen LogP contribution in [0.25, 0.3) is 0 Å². The minimum Gasteiger partial charge on any atom is -0.396 e. The first-order chi connectivity index (χ1) is 5.76. The summed E-state index contributed by atoms with van der Waals surface area (Å²) >= 11 is 0. The van der Waals surface area contributed by atoms with E-state index >= 15 is 0 Å². The molecule has 0 aromatic heterocycles. The molecule has 0 saturated heterocycles. The molecule has 0 saturated carbocycles. The van der Waals surface area contributed by atoms with Crippen molar-refractivity contribution in [2.45, 2.75) is 32.0 Å². The first-order valence-electron chi connectivity index (χ1n) is 4.15. The molecule has 0 amide bonds. The van der Waals surface area contributed by atoms with E-state index in [1.54, 1.807) is 0 Å². The van der Waals surface area contributed by atoms with Gasteiger partial charge in [0.1, 0.15) is 6.79 Å². The van der Waals surface area contributed by atoms with Crippen LogP contribution in [-0.2, 0) is 9.47 Å². The molecule has 2 N–H and O–H groups in total. The van der Waals surface area contributed by atoms with E-state index in [0.717, 1.165) is 0 Å². The van der Waals surface area contributed by atoms with Gasteiger partial charge in [0.05, 0.1) is 12.2 Å². The zero-order valence-corrected chi connectivity index (χ0v) is 7.69. The van der Waals surface area contributed by atoms with Gasteiger partial charge in [-0.2, -0.15) is 0 Å². The third kappa shape index (κ3) is 4.66. The molecule has 12 heavy (non-hydrogen) atoms. The van der Waals surface area contributed by atoms with Crippen LogP contribution in [0.4, 0.5) is 0 Å². The predicted octanol–water partition coefficient (Wildman–Crippen LogP) is 0.129. The lowest BCUT2D eigenvalue weighted by atomic mass is 10.1. The van der Waals surface area contributed by atoms with Crippen molar-refractivity contribution < 1.29 is 19.7 Å². The number of aliphatic hydroxyl groups is 2. The Morgan fingerprint density at radius 2 is 2.08 bits per heavy atom. The molecule has 0 aliphatic rings. The summed E-state index contributed by atoms with van der Waals surface area (Å²) in [5.74, 6) is 0. The predicted molar refractivity (Wildman–Crippen MR) is 44.7 cm³/mol.